The summed E-state index contributed by atoms with van der Waals surface area (Å²) >= 11 is 0. The van der Waals surface area contributed by atoms with Crippen molar-refractivity contribution in [3.63, 3.8) is 0 Å². The Labute approximate surface area is 163 Å². The zero-order valence-electron chi connectivity index (χ0n) is 16.5. The molecule has 0 spiro atoms. The highest BCUT2D eigenvalue weighted by Gasteiger charge is 2.43. The Morgan fingerprint density at radius 3 is 2.85 bits per heavy atom. The zero-order valence-corrected chi connectivity index (χ0v) is 16.5. The summed E-state index contributed by atoms with van der Waals surface area (Å²) in [6, 6.07) is 0. The third-order valence-corrected chi connectivity index (χ3v) is 5.93. The molecule has 0 bridgehead atoms. The lowest BCUT2D eigenvalue weighted by Gasteiger charge is -2.21. The second kappa shape index (κ2) is 11.6. The number of rotatable bonds is 10. The van der Waals surface area contributed by atoms with Crippen molar-refractivity contribution in [1.29, 1.82) is 0 Å². The van der Waals surface area contributed by atoms with E-state index in [4.69, 9.17) is 9.84 Å². The first-order chi connectivity index (χ1) is 13.0. The van der Waals surface area contributed by atoms with Gasteiger partial charge in [0, 0.05) is 25.4 Å². The number of aliphatic hydroxyl groups is 2. The number of carbonyl (C=O) groups is 1. The van der Waals surface area contributed by atoms with Gasteiger partial charge in [0.05, 0.1) is 18.3 Å². The average molecular weight is 381 g/mol. The summed E-state index contributed by atoms with van der Waals surface area (Å²) in [6.45, 7) is 2.76. The molecule has 2 fully saturated rings. The lowest BCUT2D eigenvalue weighted by Crippen LogP contribution is -2.21. The van der Waals surface area contributed by atoms with Crippen LogP contribution in [0.1, 0.15) is 64.7 Å². The highest BCUT2D eigenvalue weighted by Crippen LogP contribution is 2.42. The predicted molar refractivity (Wildman–Crippen MR) is 105 cm³/mol. The molecule has 0 aromatic rings. The van der Waals surface area contributed by atoms with Crippen LogP contribution < -0.4 is 0 Å². The number of aliphatic hydroxyl groups excluding tert-OH is 2. The van der Waals surface area contributed by atoms with Crippen LogP contribution in [0, 0.1) is 17.8 Å². The molecule has 27 heavy (non-hydrogen) atoms. The van der Waals surface area contributed by atoms with E-state index in [0.717, 1.165) is 32.1 Å². The molecule has 2 aliphatic rings. The van der Waals surface area contributed by atoms with Gasteiger partial charge in [-0.15, -0.1) is 0 Å². The molecular formula is C22H36O5. The molecule has 154 valence electrons. The maximum absolute atomic E-state index is 10.7. The van der Waals surface area contributed by atoms with Crippen molar-refractivity contribution in [1.82, 2.24) is 0 Å². The summed E-state index contributed by atoms with van der Waals surface area (Å²) in [4.78, 5) is 10.7. The Hall–Kier alpha value is -1.17. The zero-order chi connectivity index (χ0) is 19.6. The highest BCUT2D eigenvalue weighted by atomic mass is 16.5. The van der Waals surface area contributed by atoms with Crippen LogP contribution in [0.15, 0.2) is 24.3 Å². The average Bonchev–Trinajstić information content (AvgIpc) is 2.79. The van der Waals surface area contributed by atoms with E-state index in [0.29, 0.717) is 31.8 Å². The number of hydrogen-bond donors (Lipinski definition) is 3. The quantitative estimate of drug-likeness (QED) is 0.503. The molecule has 0 amide bonds. The minimum Gasteiger partial charge on any atom is -0.481 e. The molecule has 1 aliphatic carbocycles. The van der Waals surface area contributed by atoms with Crippen molar-refractivity contribution in [3.8, 4) is 0 Å². The van der Waals surface area contributed by atoms with Crippen molar-refractivity contribution in [2.24, 2.45) is 17.8 Å². The third kappa shape index (κ3) is 7.40. The van der Waals surface area contributed by atoms with Crippen LogP contribution >= 0.6 is 0 Å². The van der Waals surface area contributed by atoms with E-state index in [-0.39, 0.29) is 24.4 Å². The lowest BCUT2D eigenvalue weighted by molar-refractivity contribution is -0.137. The van der Waals surface area contributed by atoms with Gasteiger partial charge in [0.1, 0.15) is 0 Å². The molecule has 3 N–H and O–H groups in total. The predicted octanol–water partition coefficient (Wildman–Crippen LogP) is 3.70. The van der Waals surface area contributed by atoms with Crippen LogP contribution in [0.4, 0.5) is 0 Å². The minimum absolute atomic E-state index is 0.0357. The summed E-state index contributed by atoms with van der Waals surface area (Å²) in [5, 5.41) is 29.4. The first-order valence-electron chi connectivity index (χ1n) is 10.5. The molecule has 0 aromatic heterocycles. The summed E-state index contributed by atoms with van der Waals surface area (Å²) in [5.74, 6) is -0.00680. The van der Waals surface area contributed by atoms with E-state index >= 15 is 0 Å². The van der Waals surface area contributed by atoms with E-state index in [1.807, 2.05) is 12.2 Å². The van der Waals surface area contributed by atoms with Gasteiger partial charge in [-0.1, -0.05) is 31.2 Å². The van der Waals surface area contributed by atoms with Crippen LogP contribution in [-0.2, 0) is 9.53 Å². The van der Waals surface area contributed by atoms with Crippen LogP contribution in [-0.4, -0.2) is 46.2 Å². The maximum atomic E-state index is 10.7. The Bertz CT molecular complexity index is 501. The number of ether oxygens (including phenoxy) is 1. The second-order valence-electron chi connectivity index (χ2n) is 8.05. The fourth-order valence-electron chi connectivity index (χ4n) is 4.39. The van der Waals surface area contributed by atoms with Gasteiger partial charge < -0.3 is 20.1 Å². The monoisotopic (exact) mass is 380 g/mol. The second-order valence-corrected chi connectivity index (χ2v) is 8.05. The van der Waals surface area contributed by atoms with E-state index in [1.54, 1.807) is 0 Å². The van der Waals surface area contributed by atoms with Crippen LogP contribution in [0.5, 0.6) is 0 Å². The molecule has 1 saturated heterocycles. The Morgan fingerprint density at radius 2 is 2.11 bits per heavy atom. The number of fused-ring (bicyclic) bond motifs is 1. The highest BCUT2D eigenvalue weighted by molar-refractivity contribution is 5.66. The third-order valence-electron chi connectivity index (χ3n) is 5.93. The number of aliphatic carboxylic acids is 1. The fraction of sp³-hybridized carbons (Fsp3) is 0.773. The Balaban J connectivity index is 1.83. The van der Waals surface area contributed by atoms with Gasteiger partial charge in [-0.05, 0) is 56.8 Å². The van der Waals surface area contributed by atoms with Crippen molar-refractivity contribution in [2.75, 3.05) is 6.61 Å². The van der Waals surface area contributed by atoms with Crippen LogP contribution in [0.25, 0.3) is 0 Å². The van der Waals surface area contributed by atoms with Gasteiger partial charge in [-0.25, -0.2) is 0 Å². The van der Waals surface area contributed by atoms with Crippen molar-refractivity contribution in [2.45, 2.75) is 83.0 Å². The summed E-state index contributed by atoms with van der Waals surface area (Å²) in [6.07, 6.45) is 14.3. The van der Waals surface area contributed by atoms with Crippen molar-refractivity contribution >= 4 is 5.97 Å². The van der Waals surface area contributed by atoms with E-state index in [2.05, 4.69) is 19.1 Å². The Morgan fingerprint density at radius 1 is 1.30 bits per heavy atom. The molecule has 1 saturated carbocycles. The fourth-order valence-corrected chi connectivity index (χ4v) is 4.39. The van der Waals surface area contributed by atoms with Gasteiger partial charge in [0.2, 0.25) is 0 Å². The van der Waals surface area contributed by atoms with Crippen molar-refractivity contribution in [3.05, 3.63) is 24.3 Å². The summed E-state index contributed by atoms with van der Waals surface area (Å²) in [7, 11) is 0. The molecule has 5 nitrogen and oxygen atoms in total. The van der Waals surface area contributed by atoms with Gasteiger partial charge in [-0.3, -0.25) is 4.79 Å². The van der Waals surface area contributed by atoms with Gasteiger partial charge in [0.25, 0.3) is 0 Å². The SMILES string of the molecule is CC/C=C\CC[C@@H](O)/C=C/[C@@H]1[C@H]2CC[C@H](CCCC(=O)O)CO[C@H]2C[C@H]1O. The van der Waals surface area contributed by atoms with E-state index in [1.165, 1.54) is 0 Å². The lowest BCUT2D eigenvalue weighted by atomic mass is 9.86. The van der Waals surface area contributed by atoms with Crippen LogP contribution in [0.2, 0.25) is 0 Å². The first kappa shape index (κ1) is 22.1. The van der Waals surface area contributed by atoms with E-state index in [9.17, 15) is 15.0 Å². The number of carboxylic acid groups (broad SMARTS) is 1. The largest absolute Gasteiger partial charge is 0.481 e. The van der Waals surface area contributed by atoms with Crippen molar-refractivity contribution < 1.29 is 24.9 Å². The first-order valence-corrected chi connectivity index (χ1v) is 10.5. The molecule has 2 rings (SSSR count). The molecular weight excluding hydrogens is 344 g/mol. The molecule has 1 aliphatic heterocycles. The van der Waals surface area contributed by atoms with Gasteiger partial charge >= 0.3 is 5.97 Å². The molecule has 5 heteroatoms. The smallest absolute Gasteiger partial charge is 0.303 e. The number of hydrogen-bond acceptors (Lipinski definition) is 4. The van der Waals surface area contributed by atoms with Crippen LogP contribution in [0.3, 0.4) is 0 Å². The standard InChI is InChI=1S/C22H36O5/c1-2-3-4-5-8-17(23)11-13-18-19-12-10-16(7-6-9-22(25)26)15-27-21(19)14-20(18)24/h3-4,11,13,16-21,23-24H,2,5-10,12,14-15H2,1H3,(H,25,26)/b4-3-,13-11+/t16-,17+,18+,19+,20+,21-/m0/s1. The molecule has 0 unspecified atom stereocenters. The Kier molecular flexibility index (Phi) is 9.52. The normalized spacial score (nSPS) is 32.6. The van der Waals surface area contributed by atoms with E-state index < -0.39 is 18.2 Å². The summed E-state index contributed by atoms with van der Waals surface area (Å²) in [5.41, 5.74) is 0. The molecule has 0 aromatic carbocycles. The van der Waals surface area contributed by atoms with Gasteiger partial charge in [-0.2, -0.15) is 0 Å². The van der Waals surface area contributed by atoms with Gasteiger partial charge in [0.15, 0.2) is 0 Å². The molecule has 0 radical (unpaired) electrons. The summed E-state index contributed by atoms with van der Waals surface area (Å²) < 4.78 is 6.08. The number of allylic oxidation sites excluding steroid dienone is 2. The minimum atomic E-state index is -0.738. The molecule has 6 atom stereocenters. The maximum Gasteiger partial charge on any atom is 0.303 e. The topological polar surface area (TPSA) is 87.0 Å². The number of carboxylic acids is 1. The molecule has 1 heterocycles.